The standard InChI is InChI=1S/C25H31NO2Si2/c1-6-28-25(22-10-8-7-9-11-22)20-24(27)17-14-21-12-15-23(16-13-21)26-29(2,3)18-19-30(26,4)5/h7-13,15-16,20H,6,18-19H2,1-5H3/b25-20+. The summed E-state index contributed by atoms with van der Waals surface area (Å²) in [7, 11) is -2.75. The van der Waals surface area contributed by atoms with Crippen molar-refractivity contribution in [3.05, 3.63) is 71.8 Å². The number of nitrogens with zero attached hydrogens (tertiary/aromatic N) is 1. The lowest BCUT2D eigenvalue weighted by Gasteiger charge is -2.41. The normalized spacial score (nSPS) is 17.2. The highest BCUT2D eigenvalue weighted by Crippen LogP contribution is 2.40. The lowest BCUT2D eigenvalue weighted by molar-refractivity contribution is -0.109. The molecular formula is C25H31NO2Si2. The fraction of sp³-hybridized carbons (Fsp3) is 0.320. The van der Waals surface area contributed by atoms with Crippen LogP contribution < -0.4 is 4.23 Å². The van der Waals surface area contributed by atoms with Gasteiger partial charge in [0.2, 0.25) is 5.78 Å². The molecule has 0 aliphatic carbocycles. The maximum absolute atomic E-state index is 12.4. The number of allylic oxidation sites excluding steroid dienone is 1. The molecule has 0 saturated carbocycles. The van der Waals surface area contributed by atoms with Crippen molar-refractivity contribution in [2.75, 3.05) is 10.8 Å². The van der Waals surface area contributed by atoms with Crippen molar-refractivity contribution in [3.63, 3.8) is 0 Å². The fourth-order valence-corrected chi connectivity index (χ4v) is 18.6. The van der Waals surface area contributed by atoms with Crippen molar-refractivity contribution in [3.8, 4) is 11.8 Å². The van der Waals surface area contributed by atoms with E-state index in [1.165, 1.54) is 23.9 Å². The summed E-state index contributed by atoms with van der Waals surface area (Å²) in [5, 5.41) is 0. The fourth-order valence-electron chi connectivity index (χ4n) is 4.30. The number of carbonyl (C=O) groups excluding carboxylic acids is 1. The lowest BCUT2D eigenvalue weighted by atomic mass is 10.1. The van der Waals surface area contributed by atoms with E-state index < -0.39 is 16.5 Å². The van der Waals surface area contributed by atoms with Crippen molar-refractivity contribution in [1.29, 1.82) is 0 Å². The molecule has 30 heavy (non-hydrogen) atoms. The molecular weight excluding hydrogens is 402 g/mol. The van der Waals surface area contributed by atoms with Crippen LogP contribution in [-0.4, -0.2) is 28.9 Å². The molecule has 0 bridgehead atoms. The van der Waals surface area contributed by atoms with Crippen LogP contribution in [-0.2, 0) is 9.53 Å². The highest BCUT2D eigenvalue weighted by Gasteiger charge is 2.47. The van der Waals surface area contributed by atoms with Crippen molar-refractivity contribution in [2.24, 2.45) is 0 Å². The van der Waals surface area contributed by atoms with Gasteiger partial charge < -0.3 is 8.97 Å². The smallest absolute Gasteiger partial charge is 0.232 e. The Hall–Kier alpha value is -2.56. The maximum Gasteiger partial charge on any atom is 0.232 e. The Kier molecular flexibility index (Phi) is 6.69. The zero-order valence-corrected chi connectivity index (χ0v) is 20.7. The summed E-state index contributed by atoms with van der Waals surface area (Å²) in [4.78, 5) is 12.4. The molecule has 0 atom stereocenters. The largest absolute Gasteiger partial charge is 0.493 e. The molecule has 2 aromatic carbocycles. The van der Waals surface area contributed by atoms with Gasteiger partial charge in [0.1, 0.15) is 22.2 Å². The first-order valence-corrected chi connectivity index (χ1v) is 16.9. The van der Waals surface area contributed by atoms with Gasteiger partial charge in [-0.1, -0.05) is 62.4 Å². The van der Waals surface area contributed by atoms with E-state index in [1.54, 1.807) is 0 Å². The highest BCUT2D eigenvalue weighted by atomic mass is 28.4. The van der Waals surface area contributed by atoms with Crippen LogP contribution in [0.15, 0.2) is 60.7 Å². The third-order valence-corrected chi connectivity index (χ3v) is 15.7. The Labute approximate surface area is 182 Å². The van der Waals surface area contributed by atoms with E-state index in [4.69, 9.17) is 4.74 Å². The van der Waals surface area contributed by atoms with Crippen LogP contribution in [0.5, 0.6) is 0 Å². The molecule has 0 unspecified atom stereocenters. The summed E-state index contributed by atoms with van der Waals surface area (Å²) in [6.07, 6.45) is 1.48. The van der Waals surface area contributed by atoms with Crippen LogP contribution in [0.1, 0.15) is 18.1 Å². The molecule has 0 N–H and O–H groups in total. The molecule has 0 aromatic heterocycles. The third kappa shape index (κ3) is 5.13. The summed E-state index contributed by atoms with van der Waals surface area (Å²) in [6, 6.07) is 20.8. The van der Waals surface area contributed by atoms with Crippen LogP contribution in [0.4, 0.5) is 5.69 Å². The van der Waals surface area contributed by atoms with Crippen LogP contribution in [0.25, 0.3) is 5.76 Å². The predicted octanol–water partition coefficient (Wildman–Crippen LogP) is 5.92. The topological polar surface area (TPSA) is 29.5 Å². The second-order valence-corrected chi connectivity index (χ2v) is 18.5. The summed E-state index contributed by atoms with van der Waals surface area (Å²) < 4.78 is 8.41. The molecule has 5 heteroatoms. The van der Waals surface area contributed by atoms with E-state index in [-0.39, 0.29) is 5.78 Å². The number of benzene rings is 2. The summed E-state index contributed by atoms with van der Waals surface area (Å²) in [5.74, 6) is 6.04. The van der Waals surface area contributed by atoms with Crippen molar-refractivity contribution in [1.82, 2.24) is 0 Å². The van der Waals surface area contributed by atoms with E-state index in [0.717, 1.165) is 11.1 Å². The molecule has 0 amide bonds. The number of ether oxygens (including phenoxy) is 1. The molecule has 1 heterocycles. The first kappa shape index (κ1) is 22.1. The second kappa shape index (κ2) is 9.07. The monoisotopic (exact) mass is 433 g/mol. The van der Waals surface area contributed by atoms with E-state index in [1.807, 2.05) is 49.4 Å². The Bertz CT molecular complexity index is 967. The van der Waals surface area contributed by atoms with Crippen LogP contribution >= 0.6 is 0 Å². The number of hydrogen-bond acceptors (Lipinski definition) is 3. The Morgan fingerprint density at radius 3 is 2.17 bits per heavy atom. The van der Waals surface area contributed by atoms with Gasteiger partial charge in [-0.25, -0.2) is 0 Å². The Morgan fingerprint density at radius 1 is 1.00 bits per heavy atom. The molecule has 1 saturated heterocycles. The minimum Gasteiger partial charge on any atom is -0.493 e. The number of hydrogen-bond donors (Lipinski definition) is 0. The predicted molar refractivity (Wildman–Crippen MR) is 131 cm³/mol. The van der Waals surface area contributed by atoms with Gasteiger partial charge in [0.05, 0.1) is 6.61 Å². The van der Waals surface area contributed by atoms with Gasteiger partial charge in [-0.2, -0.15) is 0 Å². The average Bonchev–Trinajstić information content (AvgIpc) is 2.94. The van der Waals surface area contributed by atoms with E-state index in [2.05, 4.69) is 54.4 Å². The van der Waals surface area contributed by atoms with Crippen molar-refractivity contribution >= 4 is 33.7 Å². The van der Waals surface area contributed by atoms with E-state index >= 15 is 0 Å². The quantitative estimate of drug-likeness (QED) is 0.254. The molecule has 0 spiro atoms. The molecule has 1 aliphatic rings. The van der Waals surface area contributed by atoms with Gasteiger partial charge in [-0.05, 0) is 49.2 Å². The highest BCUT2D eigenvalue weighted by molar-refractivity contribution is 7.04. The number of carbonyl (C=O) groups is 1. The zero-order valence-electron chi connectivity index (χ0n) is 18.7. The number of rotatable bonds is 5. The minimum absolute atomic E-state index is 0.256. The second-order valence-electron chi connectivity index (χ2n) is 8.93. The van der Waals surface area contributed by atoms with Crippen molar-refractivity contribution < 1.29 is 9.53 Å². The van der Waals surface area contributed by atoms with E-state index in [9.17, 15) is 4.79 Å². The molecule has 156 valence electrons. The van der Waals surface area contributed by atoms with Crippen LogP contribution in [0.2, 0.25) is 38.3 Å². The molecule has 3 rings (SSSR count). The molecule has 2 aromatic rings. The maximum atomic E-state index is 12.4. The van der Waals surface area contributed by atoms with Gasteiger partial charge in [-0.15, -0.1) is 0 Å². The SMILES string of the molecule is CCO/C(=C/C(=O)C#Cc1ccc(N2[Si](C)(C)CC[Si]2(C)C)cc1)c1ccccc1. The first-order chi connectivity index (χ1) is 14.2. The van der Waals surface area contributed by atoms with Crippen LogP contribution in [0.3, 0.4) is 0 Å². The number of anilines is 1. The van der Waals surface area contributed by atoms with Gasteiger partial charge in [0.25, 0.3) is 0 Å². The minimum atomic E-state index is -1.37. The van der Waals surface area contributed by atoms with Crippen molar-refractivity contribution in [2.45, 2.75) is 45.2 Å². The van der Waals surface area contributed by atoms with Crippen LogP contribution in [0, 0.1) is 11.8 Å². The molecule has 0 radical (unpaired) electrons. The lowest BCUT2D eigenvalue weighted by Crippen LogP contribution is -2.55. The third-order valence-electron chi connectivity index (χ3n) is 5.64. The Balaban J connectivity index is 1.77. The summed E-state index contributed by atoms with van der Waals surface area (Å²) in [6.45, 7) is 12.3. The summed E-state index contributed by atoms with van der Waals surface area (Å²) >= 11 is 0. The Morgan fingerprint density at radius 2 is 1.60 bits per heavy atom. The molecule has 1 fully saturated rings. The van der Waals surface area contributed by atoms with E-state index in [0.29, 0.717) is 12.4 Å². The molecule has 1 aliphatic heterocycles. The number of ketones is 1. The average molecular weight is 434 g/mol. The van der Waals surface area contributed by atoms with Gasteiger partial charge in [-0.3, -0.25) is 4.79 Å². The first-order valence-electron chi connectivity index (χ1n) is 10.6. The van der Waals surface area contributed by atoms with Gasteiger partial charge >= 0.3 is 0 Å². The van der Waals surface area contributed by atoms with Gasteiger partial charge in [0, 0.05) is 22.9 Å². The molecule has 3 nitrogen and oxygen atoms in total. The zero-order chi connectivity index (χ0) is 21.8. The summed E-state index contributed by atoms with van der Waals surface area (Å²) in [5.41, 5.74) is 3.06. The van der Waals surface area contributed by atoms with Gasteiger partial charge in [0.15, 0.2) is 0 Å².